The predicted octanol–water partition coefficient (Wildman–Crippen LogP) is 3.72. The van der Waals surface area contributed by atoms with E-state index in [2.05, 4.69) is 15.0 Å². The summed E-state index contributed by atoms with van der Waals surface area (Å²) in [5, 5.41) is 14.6. The van der Waals surface area contributed by atoms with Gasteiger partial charge in [0.1, 0.15) is 17.4 Å². The van der Waals surface area contributed by atoms with Crippen LogP contribution in [0.15, 0.2) is 28.6 Å². The molecule has 31 heavy (non-hydrogen) atoms. The first-order valence-electron chi connectivity index (χ1n) is 9.83. The number of hydrogen-bond acceptors (Lipinski definition) is 7. The van der Waals surface area contributed by atoms with Crippen molar-refractivity contribution in [1.82, 2.24) is 9.88 Å². The first kappa shape index (κ1) is 24.1. The van der Waals surface area contributed by atoms with Gasteiger partial charge in [-0.15, -0.1) is 11.3 Å². The number of nitrogens with zero attached hydrogens (tertiary/aromatic N) is 2. The largest absolute Gasteiger partial charge is 0.389 e. The minimum Gasteiger partial charge on any atom is -0.389 e. The summed E-state index contributed by atoms with van der Waals surface area (Å²) in [7, 11) is -2.38. The van der Waals surface area contributed by atoms with E-state index in [1.807, 2.05) is 11.9 Å². The number of aliphatic hydroxyl groups excluding tert-OH is 1. The number of likely N-dealkylation sites (N-methyl/N-ethyl adjacent to an activating group) is 1. The van der Waals surface area contributed by atoms with Crippen molar-refractivity contribution in [3.63, 3.8) is 0 Å². The molecule has 12 heteroatoms. The van der Waals surface area contributed by atoms with Gasteiger partial charge in [-0.25, -0.2) is 22.2 Å². The van der Waals surface area contributed by atoms with Gasteiger partial charge in [0.15, 0.2) is 5.13 Å². The Hall–Kier alpha value is -1.53. The van der Waals surface area contributed by atoms with E-state index in [1.54, 1.807) is 5.38 Å². The summed E-state index contributed by atoms with van der Waals surface area (Å²) in [4.78, 5) is 5.16. The maximum atomic E-state index is 14.8. The summed E-state index contributed by atoms with van der Waals surface area (Å²) >= 11 is 7.38. The van der Waals surface area contributed by atoms with Crippen LogP contribution in [0.2, 0.25) is 5.02 Å². The third kappa shape index (κ3) is 6.04. The second kappa shape index (κ2) is 10.4. The lowest BCUT2D eigenvalue weighted by atomic mass is 9.89. The molecule has 2 aromatic rings. The molecule has 0 radical (unpaired) electrons. The minimum atomic E-state index is -4.19. The summed E-state index contributed by atoms with van der Waals surface area (Å²) in [6.45, 7) is -0.641. The molecule has 3 N–H and O–H groups in total. The van der Waals surface area contributed by atoms with Crippen LogP contribution in [-0.4, -0.2) is 61.9 Å². The number of aromatic nitrogens is 1. The normalized spacial score (nSPS) is 20.6. The maximum absolute atomic E-state index is 14.8. The molecule has 172 valence electrons. The molecule has 0 amide bonds. The van der Waals surface area contributed by atoms with Gasteiger partial charge in [-0.2, -0.15) is 0 Å². The Bertz CT molecular complexity index is 979. The van der Waals surface area contributed by atoms with Crippen molar-refractivity contribution < 1.29 is 22.3 Å². The van der Waals surface area contributed by atoms with Crippen LogP contribution in [0.4, 0.5) is 19.6 Å². The Morgan fingerprint density at radius 2 is 2.13 bits per heavy atom. The number of nitrogens with one attached hydrogen (secondary N) is 2. The molecule has 3 rings (SSSR count). The van der Waals surface area contributed by atoms with Gasteiger partial charge >= 0.3 is 0 Å². The SMILES string of the molecule is CN(C[C@@H](O)CF)[C@H]1CCCCC1Nc1cc(F)c(S(=O)(=O)Nc2nccs2)cc1Cl. The smallest absolute Gasteiger partial charge is 0.266 e. The van der Waals surface area contributed by atoms with E-state index in [9.17, 15) is 22.3 Å². The van der Waals surface area contributed by atoms with Crippen molar-refractivity contribution in [3.8, 4) is 0 Å². The predicted molar refractivity (Wildman–Crippen MR) is 119 cm³/mol. The number of sulfonamides is 1. The van der Waals surface area contributed by atoms with E-state index in [0.29, 0.717) is 0 Å². The number of thiazole rings is 1. The second-order valence-electron chi connectivity index (χ2n) is 7.56. The third-order valence-electron chi connectivity index (χ3n) is 5.28. The summed E-state index contributed by atoms with van der Waals surface area (Å²) in [6, 6.07) is 2.02. The molecule has 1 aromatic carbocycles. The van der Waals surface area contributed by atoms with Crippen molar-refractivity contribution in [2.45, 2.75) is 48.8 Å². The number of benzene rings is 1. The molecule has 1 aliphatic rings. The van der Waals surface area contributed by atoms with E-state index in [-0.39, 0.29) is 34.5 Å². The summed E-state index contributed by atoms with van der Waals surface area (Å²) in [5.74, 6) is -0.940. The average molecular weight is 495 g/mol. The Morgan fingerprint density at radius 1 is 1.39 bits per heavy atom. The van der Waals surface area contributed by atoms with E-state index < -0.39 is 33.5 Å². The van der Waals surface area contributed by atoms with Crippen LogP contribution >= 0.6 is 22.9 Å². The highest BCUT2D eigenvalue weighted by atomic mass is 35.5. The summed E-state index contributed by atoms with van der Waals surface area (Å²) in [5.41, 5.74) is 0.281. The van der Waals surface area contributed by atoms with Gasteiger partial charge in [-0.3, -0.25) is 9.62 Å². The topological polar surface area (TPSA) is 94.6 Å². The summed E-state index contributed by atoms with van der Waals surface area (Å²) in [6.07, 6.45) is 3.92. The highest BCUT2D eigenvalue weighted by Gasteiger charge is 2.30. The fourth-order valence-corrected chi connectivity index (χ4v) is 5.97. The molecule has 1 fully saturated rings. The number of anilines is 2. The summed E-state index contributed by atoms with van der Waals surface area (Å²) < 4.78 is 54.7. The van der Waals surface area contributed by atoms with Gasteiger partial charge in [-0.1, -0.05) is 24.4 Å². The molecular formula is C19H25ClF2N4O3S2. The van der Waals surface area contributed by atoms with Gasteiger partial charge in [0, 0.05) is 30.2 Å². The fraction of sp³-hybridized carbons (Fsp3) is 0.526. The van der Waals surface area contributed by atoms with E-state index in [0.717, 1.165) is 49.2 Å². The second-order valence-corrected chi connectivity index (χ2v) is 10.5. The highest BCUT2D eigenvalue weighted by Crippen LogP contribution is 2.33. The minimum absolute atomic E-state index is 0.0101. The molecule has 1 heterocycles. The molecular weight excluding hydrogens is 470 g/mol. The van der Waals surface area contributed by atoms with Crippen LogP contribution < -0.4 is 10.0 Å². The van der Waals surface area contributed by atoms with Crippen LogP contribution in [0.1, 0.15) is 25.7 Å². The third-order valence-corrected chi connectivity index (χ3v) is 7.76. The number of rotatable bonds is 9. The van der Waals surface area contributed by atoms with Gasteiger partial charge in [-0.05, 0) is 32.0 Å². The van der Waals surface area contributed by atoms with Gasteiger partial charge in [0.2, 0.25) is 0 Å². The fourth-order valence-electron chi connectivity index (χ4n) is 3.81. The Labute approximate surface area is 189 Å². The molecule has 1 saturated carbocycles. The lowest BCUT2D eigenvalue weighted by Crippen LogP contribution is -2.49. The van der Waals surface area contributed by atoms with Crippen LogP contribution in [0.5, 0.6) is 0 Å². The molecule has 7 nitrogen and oxygen atoms in total. The quantitative estimate of drug-likeness (QED) is 0.492. The zero-order valence-electron chi connectivity index (χ0n) is 16.9. The van der Waals surface area contributed by atoms with Crippen LogP contribution in [-0.2, 0) is 10.0 Å². The van der Waals surface area contributed by atoms with Crippen molar-refractivity contribution in [2.24, 2.45) is 0 Å². The standard InChI is InChI=1S/C19H25ClF2N4O3S2/c1-26(11-12(27)10-21)17-5-3-2-4-15(17)24-16-9-14(22)18(8-13(16)20)31(28,29)25-19-23-6-7-30-19/h6-9,12,15,17,24,27H,2-5,10-11H2,1H3,(H,23,25)/t12-,15?,17-/m0/s1. The van der Waals surface area contributed by atoms with Crippen LogP contribution in [0.25, 0.3) is 0 Å². The van der Waals surface area contributed by atoms with Gasteiger partial charge < -0.3 is 10.4 Å². The number of halogens is 3. The van der Waals surface area contributed by atoms with Crippen molar-refractivity contribution >= 4 is 43.8 Å². The maximum Gasteiger partial charge on any atom is 0.266 e. The van der Waals surface area contributed by atoms with Gasteiger partial charge in [0.05, 0.1) is 16.8 Å². The van der Waals surface area contributed by atoms with Crippen molar-refractivity contribution in [2.75, 3.05) is 30.3 Å². The molecule has 1 unspecified atom stereocenters. The first-order chi connectivity index (χ1) is 14.7. The Balaban J connectivity index is 1.79. The van der Waals surface area contributed by atoms with E-state index in [1.165, 1.54) is 6.20 Å². The number of aliphatic hydroxyl groups is 1. The van der Waals surface area contributed by atoms with Crippen LogP contribution in [0.3, 0.4) is 0 Å². The Kier molecular flexibility index (Phi) is 8.08. The molecule has 3 atom stereocenters. The number of alkyl halides is 1. The van der Waals surface area contributed by atoms with Crippen LogP contribution in [0, 0.1) is 5.82 Å². The average Bonchev–Trinajstić information content (AvgIpc) is 3.22. The zero-order valence-corrected chi connectivity index (χ0v) is 19.3. The molecule has 1 aliphatic carbocycles. The molecule has 0 saturated heterocycles. The number of hydrogen-bond donors (Lipinski definition) is 3. The van der Waals surface area contributed by atoms with Gasteiger partial charge in [0.25, 0.3) is 10.0 Å². The highest BCUT2D eigenvalue weighted by molar-refractivity contribution is 7.93. The van der Waals surface area contributed by atoms with Crippen molar-refractivity contribution in [1.29, 1.82) is 0 Å². The molecule has 0 aliphatic heterocycles. The first-order valence-corrected chi connectivity index (χ1v) is 12.6. The molecule has 0 bridgehead atoms. The molecule has 1 aromatic heterocycles. The van der Waals surface area contributed by atoms with E-state index in [4.69, 9.17) is 11.6 Å². The lowest BCUT2D eigenvalue weighted by molar-refractivity contribution is 0.0701. The molecule has 0 spiro atoms. The van der Waals surface area contributed by atoms with Crippen molar-refractivity contribution in [3.05, 3.63) is 34.5 Å². The lowest BCUT2D eigenvalue weighted by Gasteiger charge is -2.39. The monoisotopic (exact) mass is 494 g/mol. The van der Waals surface area contributed by atoms with E-state index >= 15 is 0 Å². The Morgan fingerprint density at radius 3 is 2.81 bits per heavy atom. The zero-order chi connectivity index (χ0) is 22.6.